The van der Waals surface area contributed by atoms with Crippen LogP contribution >= 0.6 is 0 Å². The van der Waals surface area contributed by atoms with Crippen molar-refractivity contribution in [2.24, 2.45) is 11.6 Å². The van der Waals surface area contributed by atoms with Gasteiger partial charge in [-0.2, -0.15) is 0 Å². The van der Waals surface area contributed by atoms with Gasteiger partial charge in [-0.05, 0) is 17.2 Å². The Morgan fingerprint density at radius 2 is 2.35 bits per heavy atom. The van der Waals surface area contributed by atoms with Crippen LogP contribution in [-0.2, 0) is 11.2 Å². The Kier molecular flexibility index (Phi) is 3.31. The van der Waals surface area contributed by atoms with Crippen molar-refractivity contribution in [1.82, 2.24) is 5.01 Å². The molecule has 1 aromatic rings. The van der Waals surface area contributed by atoms with Crippen molar-refractivity contribution in [2.75, 3.05) is 13.7 Å². The molecule has 92 valence electrons. The lowest BCUT2D eigenvalue weighted by molar-refractivity contribution is -0.130. The number of hydrazine groups is 1. The zero-order valence-corrected chi connectivity index (χ0v) is 9.85. The normalized spacial score (nSPS) is 15.0. The summed E-state index contributed by atoms with van der Waals surface area (Å²) in [4.78, 5) is 11.5. The molecule has 5 nitrogen and oxygen atoms in total. The first-order valence-electron chi connectivity index (χ1n) is 5.60. The summed E-state index contributed by atoms with van der Waals surface area (Å²) >= 11 is 0. The Morgan fingerprint density at radius 1 is 1.59 bits per heavy atom. The van der Waals surface area contributed by atoms with Crippen molar-refractivity contribution in [2.45, 2.75) is 18.9 Å². The molecule has 1 atom stereocenters. The molecule has 1 aliphatic heterocycles. The lowest BCUT2D eigenvalue weighted by Gasteiger charge is -2.15. The third-order valence-electron chi connectivity index (χ3n) is 2.93. The predicted molar refractivity (Wildman–Crippen MR) is 64.1 cm³/mol. The van der Waals surface area contributed by atoms with Crippen molar-refractivity contribution < 1.29 is 9.53 Å². The number of fused-ring (bicyclic) bond motifs is 1. The molecule has 0 bridgehead atoms. The number of carbonyl (C=O) groups excluding carboxylic acids is 1. The lowest BCUT2D eigenvalue weighted by atomic mass is 10.0. The van der Waals surface area contributed by atoms with Gasteiger partial charge in [0.2, 0.25) is 5.91 Å². The number of nitrogens with zero attached hydrogens (tertiary/aromatic N) is 1. The Bertz CT molecular complexity index is 432. The van der Waals surface area contributed by atoms with E-state index in [4.69, 9.17) is 16.3 Å². The summed E-state index contributed by atoms with van der Waals surface area (Å²) in [5, 5.41) is 1.07. The van der Waals surface area contributed by atoms with Gasteiger partial charge in [-0.3, -0.25) is 9.80 Å². The molecule has 1 aliphatic rings. The first-order chi connectivity index (χ1) is 8.08. The summed E-state index contributed by atoms with van der Waals surface area (Å²) in [6.45, 7) is 0.721. The molecule has 0 spiro atoms. The highest BCUT2D eigenvalue weighted by Crippen LogP contribution is 2.28. The molecule has 0 aliphatic carbocycles. The van der Waals surface area contributed by atoms with E-state index in [1.54, 1.807) is 0 Å². The maximum atomic E-state index is 11.5. The van der Waals surface area contributed by atoms with Crippen molar-refractivity contribution in [3.05, 3.63) is 29.3 Å². The molecule has 17 heavy (non-hydrogen) atoms. The molecule has 0 saturated carbocycles. The average Bonchev–Trinajstić information content (AvgIpc) is 2.75. The van der Waals surface area contributed by atoms with Crippen LogP contribution in [0.2, 0.25) is 0 Å². The third-order valence-corrected chi connectivity index (χ3v) is 2.93. The predicted octanol–water partition coefficient (Wildman–Crippen LogP) is 0.344. The first-order valence-corrected chi connectivity index (χ1v) is 5.60. The average molecular weight is 235 g/mol. The van der Waals surface area contributed by atoms with Crippen LogP contribution in [-0.4, -0.2) is 24.6 Å². The highest BCUT2D eigenvalue weighted by atomic mass is 16.5. The molecular weight excluding hydrogens is 218 g/mol. The van der Waals surface area contributed by atoms with E-state index in [9.17, 15) is 4.79 Å². The van der Waals surface area contributed by atoms with Gasteiger partial charge in [-0.25, -0.2) is 5.84 Å². The summed E-state index contributed by atoms with van der Waals surface area (Å²) in [5.41, 5.74) is 8.09. The number of benzene rings is 1. The van der Waals surface area contributed by atoms with E-state index in [1.807, 2.05) is 18.2 Å². The molecule has 0 fully saturated rings. The van der Waals surface area contributed by atoms with Crippen LogP contribution in [0.4, 0.5) is 0 Å². The number of rotatable bonds is 3. The van der Waals surface area contributed by atoms with Gasteiger partial charge in [0.25, 0.3) is 0 Å². The fraction of sp³-hybridized carbons (Fsp3) is 0.417. The van der Waals surface area contributed by atoms with Crippen molar-refractivity contribution in [3.8, 4) is 5.75 Å². The van der Waals surface area contributed by atoms with Gasteiger partial charge in [0.15, 0.2) is 0 Å². The highest BCUT2D eigenvalue weighted by Gasteiger charge is 2.17. The zero-order valence-electron chi connectivity index (χ0n) is 9.85. The minimum Gasteiger partial charge on any atom is -0.493 e. The molecule has 0 radical (unpaired) electrons. The number of nitrogens with two attached hydrogens (primary N) is 2. The maximum absolute atomic E-state index is 11.5. The van der Waals surface area contributed by atoms with Gasteiger partial charge in [-0.15, -0.1) is 0 Å². The van der Waals surface area contributed by atoms with Crippen LogP contribution in [0.3, 0.4) is 0 Å². The number of ether oxygens (including phenoxy) is 1. The summed E-state index contributed by atoms with van der Waals surface area (Å²) in [6.07, 6.45) is 1.12. The number of hydrogen-bond acceptors (Lipinski definition) is 4. The van der Waals surface area contributed by atoms with E-state index >= 15 is 0 Å². The van der Waals surface area contributed by atoms with E-state index < -0.39 is 0 Å². The van der Waals surface area contributed by atoms with Crippen LogP contribution < -0.4 is 16.3 Å². The standard InChI is InChI=1S/C12H17N3O2/c1-15(14)12(16)7-10(13)8-2-3-11-9(6-8)4-5-17-11/h2-3,6,10H,4-5,7,13-14H2,1H3. The number of hydrogen-bond donors (Lipinski definition) is 2. The molecule has 5 heteroatoms. The summed E-state index contributed by atoms with van der Waals surface area (Å²) < 4.78 is 5.42. The second-order valence-electron chi connectivity index (χ2n) is 4.28. The van der Waals surface area contributed by atoms with Gasteiger partial charge in [-0.1, -0.05) is 12.1 Å². The molecule has 0 saturated heterocycles. The van der Waals surface area contributed by atoms with E-state index in [0.29, 0.717) is 0 Å². The Balaban J connectivity index is 2.09. The number of amides is 1. The van der Waals surface area contributed by atoms with Gasteiger partial charge in [0.05, 0.1) is 6.61 Å². The van der Waals surface area contributed by atoms with E-state index in [0.717, 1.165) is 34.9 Å². The molecule has 1 amide bonds. The van der Waals surface area contributed by atoms with Crippen LogP contribution in [0.5, 0.6) is 5.75 Å². The minimum atomic E-state index is -0.320. The van der Waals surface area contributed by atoms with Gasteiger partial charge < -0.3 is 10.5 Å². The number of carbonyl (C=O) groups is 1. The molecule has 1 heterocycles. The van der Waals surface area contributed by atoms with Crippen molar-refractivity contribution in [3.63, 3.8) is 0 Å². The van der Waals surface area contributed by atoms with Gasteiger partial charge in [0.1, 0.15) is 5.75 Å². The molecular formula is C12H17N3O2. The van der Waals surface area contributed by atoms with E-state index in [-0.39, 0.29) is 18.4 Å². The summed E-state index contributed by atoms with van der Waals surface area (Å²) in [7, 11) is 1.52. The summed E-state index contributed by atoms with van der Waals surface area (Å²) in [5.74, 6) is 6.11. The second-order valence-corrected chi connectivity index (χ2v) is 4.28. The fourth-order valence-corrected chi connectivity index (χ4v) is 1.89. The van der Waals surface area contributed by atoms with Gasteiger partial charge in [0, 0.05) is 25.9 Å². The third kappa shape index (κ3) is 2.57. The second kappa shape index (κ2) is 4.73. The minimum absolute atomic E-state index is 0.172. The highest BCUT2D eigenvalue weighted by molar-refractivity contribution is 5.76. The molecule has 1 aromatic carbocycles. The SMILES string of the molecule is CN(N)C(=O)CC(N)c1ccc2c(c1)CCO2. The quantitative estimate of drug-likeness (QED) is 0.450. The smallest absolute Gasteiger partial charge is 0.238 e. The van der Waals surface area contributed by atoms with E-state index in [2.05, 4.69) is 0 Å². The molecule has 2 rings (SSSR count). The monoisotopic (exact) mass is 235 g/mol. The van der Waals surface area contributed by atoms with Crippen molar-refractivity contribution in [1.29, 1.82) is 0 Å². The van der Waals surface area contributed by atoms with Crippen LogP contribution in [0.1, 0.15) is 23.6 Å². The van der Waals surface area contributed by atoms with Crippen LogP contribution in [0, 0.1) is 0 Å². The van der Waals surface area contributed by atoms with Crippen LogP contribution in [0.25, 0.3) is 0 Å². The van der Waals surface area contributed by atoms with Crippen molar-refractivity contribution >= 4 is 5.91 Å². The fourth-order valence-electron chi connectivity index (χ4n) is 1.89. The Morgan fingerprint density at radius 3 is 3.06 bits per heavy atom. The Hall–Kier alpha value is -1.59. The first kappa shape index (κ1) is 11.9. The lowest BCUT2D eigenvalue weighted by Crippen LogP contribution is -2.35. The van der Waals surface area contributed by atoms with Gasteiger partial charge >= 0.3 is 0 Å². The van der Waals surface area contributed by atoms with E-state index in [1.165, 1.54) is 7.05 Å². The largest absolute Gasteiger partial charge is 0.493 e. The maximum Gasteiger partial charge on any atom is 0.238 e. The van der Waals surface area contributed by atoms with Crippen LogP contribution in [0.15, 0.2) is 18.2 Å². The summed E-state index contributed by atoms with van der Waals surface area (Å²) in [6, 6.07) is 5.50. The molecule has 1 unspecified atom stereocenters. The Labute approximate surface area is 100 Å². The topological polar surface area (TPSA) is 81.6 Å². The molecule has 4 N–H and O–H groups in total. The molecule has 0 aromatic heterocycles. The zero-order chi connectivity index (χ0) is 12.4.